The van der Waals surface area contributed by atoms with Crippen LogP contribution in [0.3, 0.4) is 0 Å². The second kappa shape index (κ2) is 7.45. The van der Waals surface area contributed by atoms with Gasteiger partial charge in [0.15, 0.2) is 23.3 Å². The van der Waals surface area contributed by atoms with Crippen LogP contribution < -0.4 is 5.56 Å². The van der Waals surface area contributed by atoms with Gasteiger partial charge in [-0.2, -0.15) is 0 Å². The number of carbonyl (C=O) groups excluding carboxylic acids is 1. The summed E-state index contributed by atoms with van der Waals surface area (Å²) in [4.78, 5) is 32.3. The number of halogens is 4. The van der Waals surface area contributed by atoms with Crippen LogP contribution >= 0.6 is 0 Å². The third-order valence-electron chi connectivity index (χ3n) is 6.19. The zero-order chi connectivity index (χ0) is 23.6. The lowest BCUT2D eigenvalue weighted by molar-refractivity contribution is 0.0657. The molecule has 170 valence electrons. The van der Waals surface area contributed by atoms with Crippen molar-refractivity contribution in [2.24, 2.45) is 0 Å². The highest BCUT2D eigenvalue weighted by Crippen LogP contribution is 2.41. The number of hydrogen-bond acceptors (Lipinski definition) is 3. The minimum Gasteiger partial charge on any atom is -0.387 e. The summed E-state index contributed by atoms with van der Waals surface area (Å²) < 4.78 is 55.0. The van der Waals surface area contributed by atoms with Crippen LogP contribution in [0.4, 0.5) is 17.6 Å². The van der Waals surface area contributed by atoms with Crippen LogP contribution in [-0.4, -0.2) is 32.9 Å². The Morgan fingerprint density at radius 2 is 1.58 bits per heavy atom. The number of aromatic nitrogens is 2. The quantitative estimate of drug-likeness (QED) is 0.393. The van der Waals surface area contributed by atoms with E-state index >= 15 is 0 Å². The van der Waals surface area contributed by atoms with Crippen molar-refractivity contribution in [3.63, 3.8) is 0 Å². The van der Waals surface area contributed by atoms with Crippen LogP contribution in [0.15, 0.2) is 35.1 Å². The number of pyridine rings is 1. The van der Waals surface area contributed by atoms with Crippen LogP contribution in [0.5, 0.6) is 0 Å². The lowest BCUT2D eigenvalue weighted by Gasteiger charge is -2.35. The smallest absolute Gasteiger partial charge is 0.270 e. The monoisotopic (exact) mass is 459 g/mol. The maximum atomic E-state index is 14.1. The Morgan fingerprint density at radius 1 is 0.939 bits per heavy atom. The van der Waals surface area contributed by atoms with Gasteiger partial charge in [0.1, 0.15) is 5.69 Å². The molecule has 0 aliphatic heterocycles. The van der Waals surface area contributed by atoms with Gasteiger partial charge in [-0.25, -0.2) is 17.6 Å². The van der Waals surface area contributed by atoms with Gasteiger partial charge < -0.3 is 20.0 Å². The average molecular weight is 459 g/mol. The first-order valence-electron chi connectivity index (χ1n) is 10.1. The molecule has 0 bridgehead atoms. The molecule has 0 spiro atoms. The standard InChI is InChI=1S/C23H17F4N3O3/c1-30(23(33)17-5-9-4-12(24)15(27)8-16(9)28-17)18-2-3-19(31)21-20(18)10-6-13(25)14(26)7-11(10)22(32)29-21/h4-8,18-19,28,31H,2-3H2,1H3,(H,29,32)/t18-,19+/m0/s1. The topological polar surface area (TPSA) is 89.2 Å². The third-order valence-corrected chi connectivity index (χ3v) is 6.19. The number of fused-ring (bicyclic) bond motifs is 4. The summed E-state index contributed by atoms with van der Waals surface area (Å²) in [6.45, 7) is 0. The van der Waals surface area contributed by atoms with Crippen LogP contribution in [0.2, 0.25) is 0 Å². The van der Waals surface area contributed by atoms with Gasteiger partial charge in [0.2, 0.25) is 0 Å². The predicted octanol–water partition coefficient (Wildman–Crippen LogP) is 4.21. The van der Waals surface area contributed by atoms with Crippen molar-refractivity contribution in [2.75, 3.05) is 7.05 Å². The molecule has 2 heterocycles. The first-order valence-corrected chi connectivity index (χ1v) is 10.1. The van der Waals surface area contributed by atoms with E-state index in [4.69, 9.17) is 0 Å². The zero-order valence-corrected chi connectivity index (χ0v) is 17.2. The van der Waals surface area contributed by atoms with Gasteiger partial charge in [-0.3, -0.25) is 9.59 Å². The summed E-state index contributed by atoms with van der Waals surface area (Å²) >= 11 is 0. The van der Waals surface area contributed by atoms with E-state index in [0.29, 0.717) is 10.9 Å². The molecule has 3 N–H and O–H groups in total. The normalized spacial score (nSPS) is 18.0. The highest BCUT2D eigenvalue weighted by atomic mass is 19.2. The lowest BCUT2D eigenvalue weighted by Crippen LogP contribution is -2.35. The van der Waals surface area contributed by atoms with Crippen molar-refractivity contribution in [1.29, 1.82) is 0 Å². The molecule has 1 aliphatic carbocycles. The number of amides is 1. The number of aromatic amines is 2. The van der Waals surface area contributed by atoms with E-state index in [0.717, 1.165) is 24.3 Å². The van der Waals surface area contributed by atoms with Crippen LogP contribution in [0, 0.1) is 23.3 Å². The SMILES string of the molecule is CN(C(=O)c1cc2cc(F)c(F)cc2[nH]1)[C@H]1CC[C@@H](O)c2[nH]c(=O)c3cc(F)c(F)cc3c21. The molecule has 0 fully saturated rings. The number of aliphatic hydroxyl groups is 1. The molecule has 4 aromatic rings. The van der Waals surface area contributed by atoms with E-state index in [9.17, 15) is 32.3 Å². The van der Waals surface area contributed by atoms with Crippen molar-refractivity contribution in [3.8, 4) is 0 Å². The molecule has 0 saturated heterocycles. The summed E-state index contributed by atoms with van der Waals surface area (Å²) in [5, 5.41) is 10.7. The minimum atomic E-state index is -1.19. The molecule has 10 heteroatoms. The highest BCUT2D eigenvalue weighted by molar-refractivity contribution is 5.98. The Hall–Kier alpha value is -3.66. The third kappa shape index (κ3) is 3.29. The fraction of sp³-hybridized carbons (Fsp3) is 0.217. The number of carbonyl (C=O) groups is 1. The number of rotatable bonds is 2. The van der Waals surface area contributed by atoms with Crippen LogP contribution in [0.25, 0.3) is 21.7 Å². The first-order chi connectivity index (χ1) is 15.7. The van der Waals surface area contributed by atoms with Crippen LogP contribution in [-0.2, 0) is 0 Å². The molecule has 1 aliphatic rings. The molecule has 0 saturated carbocycles. The fourth-order valence-electron chi connectivity index (χ4n) is 4.55. The number of benzene rings is 2. The van der Waals surface area contributed by atoms with Gasteiger partial charge in [0.25, 0.3) is 11.5 Å². The van der Waals surface area contributed by atoms with E-state index < -0.39 is 46.9 Å². The fourth-order valence-corrected chi connectivity index (χ4v) is 4.55. The summed E-state index contributed by atoms with van der Waals surface area (Å²) in [5.74, 6) is -4.99. The lowest BCUT2D eigenvalue weighted by atomic mass is 9.85. The Balaban J connectivity index is 1.63. The molecule has 6 nitrogen and oxygen atoms in total. The molecule has 2 aromatic heterocycles. The van der Waals surface area contributed by atoms with Crippen molar-refractivity contribution < 1.29 is 27.5 Å². The Bertz CT molecular complexity index is 1470. The van der Waals surface area contributed by atoms with E-state index in [1.165, 1.54) is 18.0 Å². The van der Waals surface area contributed by atoms with Gasteiger partial charge in [-0.15, -0.1) is 0 Å². The maximum absolute atomic E-state index is 14.1. The van der Waals surface area contributed by atoms with Gasteiger partial charge in [-0.05, 0) is 42.5 Å². The molecule has 1 amide bonds. The Kier molecular flexibility index (Phi) is 4.78. The maximum Gasteiger partial charge on any atom is 0.270 e. The molecule has 5 rings (SSSR count). The second-order valence-electron chi connectivity index (χ2n) is 8.15. The van der Waals surface area contributed by atoms with E-state index in [1.54, 1.807) is 0 Å². The van der Waals surface area contributed by atoms with Gasteiger partial charge in [-0.1, -0.05) is 0 Å². The van der Waals surface area contributed by atoms with Crippen molar-refractivity contribution >= 4 is 27.6 Å². The number of nitrogens with zero attached hydrogens (tertiary/aromatic N) is 1. The minimum absolute atomic E-state index is 0.0659. The van der Waals surface area contributed by atoms with Crippen molar-refractivity contribution in [1.82, 2.24) is 14.9 Å². The number of H-pyrrole nitrogens is 2. The average Bonchev–Trinajstić information content (AvgIpc) is 3.18. The molecule has 33 heavy (non-hydrogen) atoms. The molecule has 0 unspecified atom stereocenters. The summed E-state index contributed by atoms with van der Waals surface area (Å²) in [5.41, 5.74) is 0.0612. The summed E-state index contributed by atoms with van der Waals surface area (Å²) in [6, 6.07) is 4.28. The van der Waals surface area contributed by atoms with Gasteiger partial charge in [0.05, 0.1) is 23.2 Å². The van der Waals surface area contributed by atoms with E-state index in [-0.39, 0.29) is 40.5 Å². The zero-order valence-electron chi connectivity index (χ0n) is 17.2. The number of nitrogens with one attached hydrogen (secondary N) is 2. The largest absolute Gasteiger partial charge is 0.387 e. The van der Waals surface area contributed by atoms with Crippen molar-refractivity contribution in [2.45, 2.75) is 25.0 Å². The molecular formula is C23H17F4N3O3. The highest BCUT2D eigenvalue weighted by Gasteiger charge is 2.34. The van der Waals surface area contributed by atoms with E-state index in [1.807, 2.05) is 0 Å². The molecular weight excluding hydrogens is 442 g/mol. The first kappa shape index (κ1) is 21.2. The Morgan fingerprint density at radius 3 is 2.30 bits per heavy atom. The molecule has 2 aromatic carbocycles. The second-order valence-corrected chi connectivity index (χ2v) is 8.15. The van der Waals surface area contributed by atoms with E-state index in [2.05, 4.69) is 9.97 Å². The van der Waals surface area contributed by atoms with Gasteiger partial charge in [0, 0.05) is 29.6 Å². The molecule has 0 radical (unpaired) electrons. The summed E-state index contributed by atoms with van der Waals surface area (Å²) in [7, 11) is 1.48. The number of aliphatic hydroxyl groups excluding tert-OH is 1. The van der Waals surface area contributed by atoms with Crippen molar-refractivity contribution in [3.05, 3.63) is 80.9 Å². The molecule has 2 atom stereocenters. The number of hydrogen-bond donors (Lipinski definition) is 3. The predicted molar refractivity (Wildman–Crippen MR) is 112 cm³/mol. The Labute approximate surface area is 183 Å². The summed E-state index contributed by atoms with van der Waals surface area (Å²) in [6.07, 6.45) is -0.562. The van der Waals surface area contributed by atoms with Gasteiger partial charge >= 0.3 is 0 Å². The van der Waals surface area contributed by atoms with Crippen LogP contribution in [0.1, 0.15) is 46.7 Å².